The SMILES string of the molecule is C/C(CC(=O)Nc1ccc2c(c1)OCO2)=N/NC(=O)c1ccncc1. The number of anilines is 1. The van der Waals surface area contributed by atoms with Crippen LogP contribution in [-0.2, 0) is 4.79 Å². The van der Waals surface area contributed by atoms with Gasteiger partial charge in [0.25, 0.3) is 5.91 Å². The van der Waals surface area contributed by atoms with Gasteiger partial charge in [-0.25, -0.2) is 5.43 Å². The molecule has 0 fully saturated rings. The van der Waals surface area contributed by atoms with E-state index >= 15 is 0 Å². The number of nitrogens with zero attached hydrogens (tertiary/aromatic N) is 2. The second kappa shape index (κ2) is 7.43. The van der Waals surface area contributed by atoms with Crippen LogP contribution in [-0.4, -0.2) is 29.3 Å². The first kappa shape index (κ1) is 16.4. The molecule has 2 amide bonds. The summed E-state index contributed by atoms with van der Waals surface area (Å²) < 4.78 is 10.5. The Morgan fingerprint density at radius 1 is 1.16 bits per heavy atom. The lowest BCUT2D eigenvalue weighted by Gasteiger charge is -2.06. The van der Waals surface area contributed by atoms with Crippen molar-refractivity contribution in [2.24, 2.45) is 5.10 Å². The average molecular weight is 340 g/mol. The van der Waals surface area contributed by atoms with Gasteiger partial charge < -0.3 is 14.8 Å². The molecule has 8 nitrogen and oxygen atoms in total. The predicted molar refractivity (Wildman–Crippen MR) is 90.6 cm³/mol. The van der Waals surface area contributed by atoms with Gasteiger partial charge in [-0.1, -0.05) is 0 Å². The number of hydrogen-bond acceptors (Lipinski definition) is 6. The highest BCUT2D eigenvalue weighted by Gasteiger charge is 2.14. The van der Waals surface area contributed by atoms with Crippen LogP contribution in [0.3, 0.4) is 0 Å². The van der Waals surface area contributed by atoms with Gasteiger partial charge in [0.1, 0.15) is 0 Å². The zero-order valence-corrected chi connectivity index (χ0v) is 13.5. The van der Waals surface area contributed by atoms with E-state index in [0.717, 1.165) is 0 Å². The number of fused-ring (bicyclic) bond motifs is 1. The van der Waals surface area contributed by atoms with E-state index < -0.39 is 0 Å². The molecule has 1 aliphatic heterocycles. The van der Waals surface area contributed by atoms with Crippen LogP contribution in [0.1, 0.15) is 23.7 Å². The summed E-state index contributed by atoms with van der Waals surface area (Å²) in [6.07, 6.45) is 3.08. The van der Waals surface area contributed by atoms with Crippen molar-refractivity contribution in [2.45, 2.75) is 13.3 Å². The van der Waals surface area contributed by atoms with Gasteiger partial charge in [0.15, 0.2) is 11.5 Å². The molecule has 8 heteroatoms. The second-order valence-electron chi connectivity index (χ2n) is 5.32. The molecule has 0 saturated carbocycles. The molecule has 0 bridgehead atoms. The standard InChI is InChI=1S/C17H16N4O4/c1-11(20-21-17(23)12-4-6-18-7-5-12)8-16(22)19-13-2-3-14-15(9-13)25-10-24-14/h2-7,9H,8,10H2,1H3,(H,19,22)(H,21,23)/b20-11-. The van der Waals surface area contributed by atoms with Gasteiger partial charge in [-0.2, -0.15) is 5.10 Å². The Morgan fingerprint density at radius 2 is 1.92 bits per heavy atom. The third-order valence-electron chi connectivity index (χ3n) is 3.36. The molecule has 0 spiro atoms. The highest BCUT2D eigenvalue weighted by atomic mass is 16.7. The molecular formula is C17H16N4O4. The predicted octanol–water partition coefficient (Wildman–Crippen LogP) is 1.94. The maximum absolute atomic E-state index is 12.1. The number of benzene rings is 1. The Balaban J connectivity index is 1.52. The van der Waals surface area contributed by atoms with E-state index in [9.17, 15) is 9.59 Å². The first-order chi connectivity index (χ1) is 12.1. The minimum absolute atomic E-state index is 0.0467. The van der Waals surface area contributed by atoms with Crippen LogP contribution in [0.2, 0.25) is 0 Å². The largest absolute Gasteiger partial charge is 0.454 e. The Morgan fingerprint density at radius 3 is 2.72 bits per heavy atom. The minimum atomic E-state index is -0.363. The number of rotatable bonds is 5. The normalized spacial score (nSPS) is 12.6. The van der Waals surface area contributed by atoms with E-state index in [2.05, 4.69) is 20.8 Å². The van der Waals surface area contributed by atoms with Crippen LogP contribution in [0.15, 0.2) is 47.8 Å². The molecule has 2 aromatic rings. The van der Waals surface area contributed by atoms with E-state index in [0.29, 0.717) is 28.5 Å². The lowest BCUT2D eigenvalue weighted by Crippen LogP contribution is -2.21. The summed E-state index contributed by atoms with van der Waals surface area (Å²) in [6, 6.07) is 8.30. The molecular weight excluding hydrogens is 324 g/mol. The smallest absolute Gasteiger partial charge is 0.271 e. The summed E-state index contributed by atoms with van der Waals surface area (Å²) in [6.45, 7) is 1.84. The molecule has 2 N–H and O–H groups in total. The van der Waals surface area contributed by atoms with Crippen LogP contribution in [0, 0.1) is 0 Å². The summed E-state index contributed by atoms with van der Waals surface area (Å²) >= 11 is 0. The van der Waals surface area contributed by atoms with Crippen LogP contribution in [0.4, 0.5) is 5.69 Å². The van der Waals surface area contributed by atoms with Crippen molar-refractivity contribution < 1.29 is 19.1 Å². The molecule has 1 aromatic heterocycles. The van der Waals surface area contributed by atoms with Gasteiger partial charge >= 0.3 is 0 Å². The molecule has 128 valence electrons. The zero-order valence-electron chi connectivity index (χ0n) is 13.5. The fraction of sp³-hybridized carbons (Fsp3) is 0.176. The topological polar surface area (TPSA) is 102 Å². The average Bonchev–Trinajstić information content (AvgIpc) is 3.08. The summed E-state index contributed by atoms with van der Waals surface area (Å²) in [5.74, 6) is 0.624. The van der Waals surface area contributed by atoms with Gasteiger partial charge in [0.05, 0.1) is 6.42 Å². The van der Waals surface area contributed by atoms with E-state index in [1.54, 1.807) is 37.3 Å². The molecule has 0 saturated heterocycles. The fourth-order valence-corrected chi connectivity index (χ4v) is 2.17. The summed E-state index contributed by atoms with van der Waals surface area (Å²) in [4.78, 5) is 27.8. The first-order valence-corrected chi connectivity index (χ1v) is 7.55. The number of hydrazone groups is 1. The Labute approximate surface area is 143 Å². The summed E-state index contributed by atoms with van der Waals surface area (Å²) in [7, 11) is 0. The number of nitrogens with one attached hydrogen (secondary N) is 2. The van der Waals surface area contributed by atoms with Crippen molar-refractivity contribution in [2.75, 3.05) is 12.1 Å². The van der Waals surface area contributed by atoms with Crippen LogP contribution in [0.5, 0.6) is 11.5 Å². The van der Waals surface area contributed by atoms with Gasteiger partial charge in [0, 0.05) is 35.4 Å². The molecule has 25 heavy (non-hydrogen) atoms. The lowest BCUT2D eigenvalue weighted by molar-refractivity contribution is -0.115. The number of aromatic nitrogens is 1. The third kappa shape index (κ3) is 4.31. The Hall–Kier alpha value is -3.42. The van der Waals surface area contributed by atoms with Crippen molar-refractivity contribution in [1.82, 2.24) is 10.4 Å². The molecule has 3 rings (SSSR count). The van der Waals surface area contributed by atoms with E-state index in [-0.39, 0.29) is 25.0 Å². The van der Waals surface area contributed by atoms with Gasteiger partial charge in [0.2, 0.25) is 12.7 Å². The maximum atomic E-state index is 12.1. The summed E-state index contributed by atoms with van der Waals surface area (Å²) in [5.41, 5.74) is 3.92. The lowest BCUT2D eigenvalue weighted by atomic mass is 10.2. The number of amides is 2. The highest BCUT2D eigenvalue weighted by Crippen LogP contribution is 2.34. The number of pyridine rings is 1. The van der Waals surface area contributed by atoms with Crippen LogP contribution >= 0.6 is 0 Å². The van der Waals surface area contributed by atoms with Crippen LogP contribution < -0.4 is 20.2 Å². The molecule has 0 radical (unpaired) electrons. The van der Waals surface area contributed by atoms with Crippen molar-refractivity contribution in [1.29, 1.82) is 0 Å². The zero-order chi connectivity index (χ0) is 17.6. The molecule has 0 atom stereocenters. The minimum Gasteiger partial charge on any atom is -0.454 e. The van der Waals surface area contributed by atoms with E-state index in [1.165, 1.54) is 12.4 Å². The van der Waals surface area contributed by atoms with Gasteiger partial charge in [-0.05, 0) is 31.2 Å². The van der Waals surface area contributed by atoms with E-state index in [4.69, 9.17) is 9.47 Å². The molecule has 1 aromatic carbocycles. The third-order valence-corrected chi connectivity index (χ3v) is 3.36. The van der Waals surface area contributed by atoms with Crippen molar-refractivity contribution in [3.05, 3.63) is 48.3 Å². The molecule has 1 aliphatic rings. The van der Waals surface area contributed by atoms with Gasteiger partial charge in [-0.3, -0.25) is 14.6 Å². The number of hydrogen-bond donors (Lipinski definition) is 2. The van der Waals surface area contributed by atoms with E-state index in [1.807, 2.05) is 0 Å². The first-order valence-electron chi connectivity index (χ1n) is 7.55. The quantitative estimate of drug-likeness (QED) is 0.640. The Bertz CT molecular complexity index is 821. The number of carbonyl (C=O) groups is 2. The molecule has 0 aliphatic carbocycles. The number of carbonyl (C=O) groups excluding carboxylic acids is 2. The van der Waals surface area contributed by atoms with Gasteiger partial charge in [-0.15, -0.1) is 0 Å². The van der Waals surface area contributed by atoms with Crippen molar-refractivity contribution >= 4 is 23.2 Å². The summed E-state index contributed by atoms with van der Waals surface area (Å²) in [5, 5.41) is 6.68. The molecule has 0 unspecified atom stereocenters. The maximum Gasteiger partial charge on any atom is 0.271 e. The second-order valence-corrected chi connectivity index (χ2v) is 5.32. The highest BCUT2D eigenvalue weighted by molar-refractivity contribution is 6.06. The number of ether oxygens (including phenoxy) is 2. The fourth-order valence-electron chi connectivity index (χ4n) is 2.17. The van der Waals surface area contributed by atoms with Crippen molar-refractivity contribution in [3.63, 3.8) is 0 Å². The van der Waals surface area contributed by atoms with Crippen LogP contribution in [0.25, 0.3) is 0 Å². The monoisotopic (exact) mass is 340 g/mol. The molecule has 2 heterocycles. The van der Waals surface area contributed by atoms with Crippen molar-refractivity contribution in [3.8, 4) is 11.5 Å². The Kier molecular flexibility index (Phi) is 4.89.